The molecule has 1 fully saturated rings. The first-order valence-corrected chi connectivity index (χ1v) is 5.16. The third-order valence-corrected chi connectivity index (χ3v) is 2.94. The third-order valence-electron chi connectivity index (χ3n) is 2.94. The van der Waals surface area contributed by atoms with Gasteiger partial charge in [0.15, 0.2) is 0 Å². The average Bonchev–Trinajstić information content (AvgIpc) is 2.85. The zero-order valence-corrected chi connectivity index (χ0v) is 9.10. The van der Waals surface area contributed by atoms with Crippen molar-refractivity contribution in [3.63, 3.8) is 0 Å². The van der Waals surface area contributed by atoms with E-state index in [4.69, 9.17) is 0 Å². The van der Waals surface area contributed by atoms with E-state index in [0.717, 1.165) is 19.5 Å². The molecule has 0 bridgehead atoms. The summed E-state index contributed by atoms with van der Waals surface area (Å²) >= 11 is 0. The maximum Gasteiger partial charge on any atom is 0.272 e. The molecule has 0 spiro atoms. The molecule has 1 N–H and O–H groups in total. The van der Waals surface area contributed by atoms with E-state index < -0.39 is 0 Å². The number of amides is 1. The van der Waals surface area contributed by atoms with E-state index in [0.29, 0.717) is 11.7 Å². The van der Waals surface area contributed by atoms with E-state index in [1.807, 2.05) is 7.05 Å². The molecule has 82 valence electrons. The predicted octanol–water partition coefficient (Wildman–Crippen LogP) is -0.146. The number of carbonyl (C=O) groups is 1. The Bertz CT molecular complexity index is 354. The molecule has 1 aromatic heterocycles. The van der Waals surface area contributed by atoms with Crippen LogP contribution in [-0.2, 0) is 7.05 Å². The Morgan fingerprint density at radius 2 is 2.53 bits per heavy atom. The van der Waals surface area contributed by atoms with Crippen molar-refractivity contribution in [2.75, 3.05) is 20.1 Å². The highest BCUT2D eigenvalue weighted by atomic mass is 16.2. The Morgan fingerprint density at radius 1 is 1.73 bits per heavy atom. The number of nitrogens with one attached hydrogen (secondary N) is 1. The van der Waals surface area contributed by atoms with E-state index in [2.05, 4.69) is 10.4 Å². The number of aryl methyl sites for hydroxylation is 1. The molecular formula is C10H16N4O. The minimum absolute atomic E-state index is 0.0451. The summed E-state index contributed by atoms with van der Waals surface area (Å²) in [6.07, 6.45) is 2.67. The van der Waals surface area contributed by atoms with Gasteiger partial charge in [-0.15, -0.1) is 0 Å². The minimum Gasteiger partial charge on any atom is -0.336 e. The van der Waals surface area contributed by atoms with Gasteiger partial charge in [0.05, 0.1) is 0 Å². The number of likely N-dealkylation sites (N-methyl/N-ethyl adjacent to an activating group) is 1. The molecule has 15 heavy (non-hydrogen) atoms. The second-order valence-corrected chi connectivity index (χ2v) is 3.90. The molecule has 5 nitrogen and oxygen atoms in total. The van der Waals surface area contributed by atoms with Gasteiger partial charge in [0.1, 0.15) is 5.69 Å². The smallest absolute Gasteiger partial charge is 0.272 e. The first-order chi connectivity index (χ1) is 7.20. The molecule has 1 unspecified atom stereocenters. The van der Waals surface area contributed by atoms with Crippen molar-refractivity contribution in [3.05, 3.63) is 18.0 Å². The molecule has 1 aliphatic rings. The lowest BCUT2D eigenvalue weighted by molar-refractivity contribution is 0.0732. The maximum atomic E-state index is 12.1. The lowest BCUT2D eigenvalue weighted by Crippen LogP contribution is -2.39. The van der Waals surface area contributed by atoms with Gasteiger partial charge in [-0.25, -0.2) is 0 Å². The number of carbonyl (C=O) groups excluding carboxylic acids is 1. The van der Waals surface area contributed by atoms with Crippen molar-refractivity contribution in [2.24, 2.45) is 7.05 Å². The topological polar surface area (TPSA) is 50.2 Å². The zero-order valence-electron chi connectivity index (χ0n) is 9.10. The van der Waals surface area contributed by atoms with Gasteiger partial charge in [0.2, 0.25) is 0 Å². The van der Waals surface area contributed by atoms with Gasteiger partial charge in [-0.3, -0.25) is 9.48 Å². The first kappa shape index (κ1) is 10.2. The number of hydrogen-bond acceptors (Lipinski definition) is 3. The molecule has 1 amide bonds. The maximum absolute atomic E-state index is 12.1. The Balaban J connectivity index is 2.10. The van der Waals surface area contributed by atoms with Crippen molar-refractivity contribution in [1.82, 2.24) is 20.0 Å². The van der Waals surface area contributed by atoms with E-state index in [9.17, 15) is 4.79 Å². The Kier molecular flexibility index (Phi) is 2.73. The fourth-order valence-corrected chi connectivity index (χ4v) is 1.90. The van der Waals surface area contributed by atoms with E-state index in [1.165, 1.54) is 0 Å². The Morgan fingerprint density at radius 3 is 3.07 bits per heavy atom. The fourth-order valence-electron chi connectivity index (χ4n) is 1.90. The van der Waals surface area contributed by atoms with Crippen LogP contribution >= 0.6 is 0 Å². The van der Waals surface area contributed by atoms with Crippen LogP contribution in [-0.4, -0.2) is 46.8 Å². The van der Waals surface area contributed by atoms with Crippen LogP contribution in [0.4, 0.5) is 0 Å². The lowest BCUT2D eigenvalue weighted by Gasteiger charge is -2.23. The zero-order chi connectivity index (χ0) is 10.8. The summed E-state index contributed by atoms with van der Waals surface area (Å²) in [6, 6.07) is 2.06. The summed E-state index contributed by atoms with van der Waals surface area (Å²) in [4.78, 5) is 13.9. The van der Waals surface area contributed by atoms with Gasteiger partial charge in [-0.1, -0.05) is 0 Å². The molecule has 2 heterocycles. The number of nitrogens with zero attached hydrogens (tertiary/aromatic N) is 3. The van der Waals surface area contributed by atoms with Gasteiger partial charge in [0.25, 0.3) is 5.91 Å². The van der Waals surface area contributed by atoms with Crippen molar-refractivity contribution in [1.29, 1.82) is 0 Å². The lowest BCUT2D eigenvalue weighted by atomic mass is 10.2. The summed E-state index contributed by atoms with van der Waals surface area (Å²) in [5.41, 5.74) is 0.643. The largest absolute Gasteiger partial charge is 0.336 e. The fraction of sp³-hybridized carbons (Fsp3) is 0.600. The molecule has 1 atom stereocenters. The summed E-state index contributed by atoms with van der Waals surface area (Å²) in [5, 5.41) is 7.25. The highest BCUT2D eigenvalue weighted by Gasteiger charge is 2.25. The monoisotopic (exact) mass is 208 g/mol. The van der Waals surface area contributed by atoms with Gasteiger partial charge < -0.3 is 10.2 Å². The molecule has 0 aliphatic carbocycles. The predicted molar refractivity (Wildman–Crippen MR) is 56.6 cm³/mol. The minimum atomic E-state index is 0.0451. The average molecular weight is 208 g/mol. The van der Waals surface area contributed by atoms with Crippen LogP contribution in [0.1, 0.15) is 16.9 Å². The second kappa shape index (κ2) is 4.02. The van der Waals surface area contributed by atoms with Crippen LogP contribution in [0.2, 0.25) is 0 Å². The van der Waals surface area contributed by atoms with Crippen LogP contribution in [0, 0.1) is 0 Å². The molecular weight excluding hydrogens is 192 g/mol. The Labute approximate surface area is 89.1 Å². The van der Waals surface area contributed by atoms with Gasteiger partial charge in [-0.2, -0.15) is 5.10 Å². The van der Waals surface area contributed by atoms with Gasteiger partial charge in [-0.05, 0) is 19.0 Å². The molecule has 0 radical (unpaired) electrons. The second-order valence-electron chi connectivity index (χ2n) is 3.90. The third kappa shape index (κ3) is 1.87. The molecule has 2 rings (SSSR count). The molecule has 0 saturated carbocycles. The quantitative estimate of drug-likeness (QED) is 0.735. The van der Waals surface area contributed by atoms with Gasteiger partial charge in [0, 0.05) is 32.9 Å². The highest BCUT2D eigenvalue weighted by molar-refractivity contribution is 5.92. The number of rotatable bonds is 2. The van der Waals surface area contributed by atoms with Gasteiger partial charge >= 0.3 is 0 Å². The normalized spacial score (nSPS) is 20.5. The summed E-state index contributed by atoms with van der Waals surface area (Å²) in [5.74, 6) is 0.0451. The van der Waals surface area contributed by atoms with Crippen LogP contribution in [0.5, 0.6) is 0 Å². The van der Waals surface area contributed by atoms with Crippen LogP contribution in [0.3, 0.4) is 0 Å². The Hall–Kier alpha value is -1.36. The van der Waals surface area contributed by atoms with Crippen LogP contribution in [0.15, 0.2) is 12.3 Å². The van der Waals surface area contributed by atoms with E-state index in [-0.39, 0.29) is 5.91 Å². The van der Waals surface area contributed by atoms with Crippen molar-refractivity contribution in [2.45, 2.75) is 12.5 Å². The summed E-state index contributed by atoms with van der Waals surface area (Å²) < 4.78 is 1.61. The summed E-state index contributed by atoms with van der Waals surface area (Å²) in [6.45, 7) is 1.88. The molecule has 1 aromatic rings. The molecule has 5 heteroatoms. The summed E-state index contributed by atoms with van der Waals surface area (Å²) in [7, 11) is 3.64. The first-order valence-electron chi connectivity index (χ1n) is 5.16. The van der Waals surface area contributed by atoms with E-state index >= 15 is 0 Å². The van der Waals surface area contributed by atoms with E-state index in [1.54, 1.807) is 28.9 Å². The number of aromatic nitrogens is 2. The van der Waals surface area contributed by atoms with Crippen molar-refractivity contribution in [3.8, 4) is 0 Å². The standard InChI is InChI=1S/C10H16N4O/c1-13(8-3-5-11-7-8)10(15)9-4-6-12-14(9)2/h4,6,8,11H,3,5,7H2,1-2H3. The van der Waals surface area contributed by atoms with Crippen LogP contribution < -0.4 is 5.32 Å². The number of hydrogen-bond donors (Lipinski definition) is 1. The highest BCUT2D eigenvalue weighted by Crippen LogP contribution is 2.10. The van der Waals surface area contributed by atoms with Crippen LogP contribution in [0.25, 0.3) is 0 Å². The van der Waals surface area contributed by atoms with Crippen molar-refractivity contribution < 1.29 is 4.79 Å². The SMILES string of the molecule is CN(C(=O)c1ccnn1C)C1CCNC1. The molecule has 0 aromatic carbocycles. The molecule has 1 aliphatic heterocycles. The van der Waals surface area contributed by atoms with Crippen molar-refractivity contribution >= 4 is 5.91 Å². The molecule has 1 saturated heterocycles.